The predicted molar refractivity (Wildman–Crippen MR) is 83.4 cm³/mol. The van der Waals surface area contributed by atoms with Gasteiger partial charge in [0.2, 0.25) is 0 Å². The number of hydrogen-bond acceptors (Lipinski definition) is 5. The lowest BCUT2D eigenvalue weighted by Crippen LogP contribution is -2.39. The molecule has 0 aliphatic heterocycles. The van der Waals surface area contributed by atoms with Gasteiger partial charge in [0.15, 0.2) is 17.3 Å². The Morgan fingerprint density at radius 2 is 2.12 bits per heavy atom. The number of ketones is 1. The Hall–Kier alpha value is -2.20. The quantitative estimate of drug-likeness (QED) is 0.852. The van der Waals surface area contributed by atoms with E-state index in [9.17, 15) is 23.9 Å². The van der Waals surface area contributed by atoms with E-state index in [4.69, 9.17) is 4.74 Å². The van der Waals surface area contributed by atoms with Gasteiger partial charge in [-0.05, 0) is 42.9 Å². The van der Waals surface area contributed by atoms with Gasteiger partial charge in [-0.3, -0.25) is 4.79 Å². The molecule has 1 aromatic carbocycles. The molecule has 134 valence electrons. The normalized spacial score (nSPS) is 26.4. The molecule has 0 radical (unpaired) electrons. The van der Waals surface area contributed by atoms with Crippen molar-refractivity contribution in [1.29, 1.82) is 5.26 Å². The molecule has 2 unspecified atom stereocenters. The van der Waals surface area contributed by atoms with Crippen LogP contribution < -0.4 is 9.47 Å². The van der Waals surface area contributed by atoms with E-state index in [-0.39, 0.29) is 36.5 Å². The molecule has 0 saturated heterocycles. The number of Topliss-reactive ketones (excluding diaryl/α,β-unsaturated/α-hetero) is 1. The number of rotatable bonds is 6. The monoisotopic (exact) mass is 351 g/mol. The van der Waals surface area contributed by atoms with Crippen molar-refractivity contribution in [1.82, 2.24) is 0 Å². The van der Waals surface area contributed by atoms with Crippen LogP contribution in [0, 0.1) is 17.2 Å². The van der Waals surface area contributed by atoms with Gasteiger partial charge in [0.25, 0.3) is 0 Å². The minimum absolute atomic E-state index is 0.0144. The Balaban J connectivity index is 1.90. The summed E-state index contributed by atoms with van der Waals surface area (Å²) in [4.78, 5) is 11.6. The molecule has 0 bridgehead atoms. The zero-order valence-electron chi connectivity index (χ0n) is 13.6. The first-order valence-electron chi connectivity index (χ1n) is 8.28. The highest BCUT2D eigenvalue weighted by Gasteiger charge is 2.42. The maximum atomic E-state index is 12.6. The molecule has 7 heteroatoms. The number of halogens is 2. The number of carbonyl (C=O) groups excluding carboxylic acids is 1. The van der Waals surface area contributed by atoms with Gasteiger partial charge in [0, 0.05) is 12.8 Å². The van der Waals surface area contributed by atoms with Crippen LogP contribution in [0.5, 0.6) is 11.5 Å². The molecule has 0 aromatic heterocycles. The maximum Gasteiger partial charge on any atom is 0.387 e. The van der Waals surface area contributed by atoms with Crippen LogP contribution in [0.3, 0.4) is 0 Å². The lowest BCUT2D eigenvalue weighted by molar-refractivity contribution is -0.130. The lowest BCUT2D eigenvalue weighted by Gasteiger charge is -2.33. The van der Waals surface area contributed by atoms with Crippen molar-refractivity contribution in [2.24, 2.45) is 5.92 Å². The van der Waals surface area contributed by atoms with Crippen molar-refractivity contribution in [3.05, 3.63) is 23.8 Å². The van der Waals surface area contributed by atoms with Crippen molar-refractivity contribution in [2.75, 3.05) is 6.61 Å². The second-order valence-corrected chi connectivity index (χ2v) is 6.67. The molecule has 0 heterocycles. The van der Waals surface area contributed by atoms with Gasteiger partial charge in [-0.2, -0.15) is 14.0 Å². The topological polar surface area (TPSA) is 79.5 Å². The molecule has 3 rings (SSSR count). The molecule has 1 N–H and O–H groups in total. The van der Waals surface area contributed by atoms with Crippen molar-refractivity contribution in [2.45, 2.75) is 50.2 Å². The van der Waals surface area contributed by atoms with Crippen LogP contribution in [-0.4, -0.2) is 30.2 Å². The molecule has 2 fully saturated rings. The van der Waals surface area contributed by atoms with Crippen LogP contribution in [0.15, 0.2) is 18.2 Å². The highest BCUT2D eigenvalue weighted by atomic mass is 19.3. The Labute approximate surface area is 144 Å². The zero-order valence-corrected chi connectivity index (χ0v) is 13.6. The van der Waals surface area contributed by atoms with E-state index in [1.807, 2.05) is 0 Å². The first-order chi connectivity index (χ1) is 11.9. The molecule has 2 atom stereocenters. The number of ether oxygens (including phenoxy) is 2. The number of aliphatic hydroxyl groups is 1. The third kappa shape index (κ3) is 3.90. The molecule has 0 amide bonds. The molecular formula is C18H19F2NO4. The summed E-state index contributed by atoms with van der Waals surface area (Å²) >= 11 is 0. The van der Waals surface area contributed by atoms with E-state index in [2.05, 4.69) is 10.8 Å². The summed E-state index contributed by atoms with van der Waals surface area (Å²) in [5.41, 5.74) is -0.511. The van der Waals surface area contributed by atoms with Crippen LogP contribution in [0.2, 0.25) is 0 Å². The Morgan fingerprint density at radius 1 is 1.36 bits per heavy atom. The van der Waals surface area contributed by atoms with Gasteiger partial charge in [-0.25, -0.2) is 0 Å². The highest BCUT2D eigenvalue weighted by molar-refractivity contribution is 5.84. The molecule has 25 heavy (non-hydrogen) atoms. The van der Waals surface area contributed by atoms with Crippen LogP contribution in [-0.2, 0) is 10.2 Å². The fourth-order valence-corrected chi connectivity index (χ4v) is 3.08. The maximum absolute atomic E-state index is 12.6. The summed E-state index contributed by atoms with van der Waals surface area (Å²) in [6, 6.07) is 6.59. The third-order valence-electron chi connectivity index (χ3n) is 4.81. The van der Waals surface area contributed by atoms with E-state index in [1.54, 1.807) is 0 Å². The van der Waals surface area contributed by atoms with Gasteiger partial charge in [0.1, 0.15) is 6.10 Å². The SMILES string of the molecule is N#CC1(c2ccc(OC(F)F)c(OCC3CC3)c2)CCC(=O)C(O)C1. The number of nitrogens with zero attached hydrogens (tertiary/aromatic N) is 1. The van der Waals surface area contributed by atoms with E-state index in [1.165, 1.54) is 18.2 Å². The predicted octanol–water partition coefficient (Wildman–Crippen LogP) is 2.95. The standard InChI is InChI=1S/C18H19F2NO4/c19-17(20)25-15-4-3-12(7-16(15)24-9-11-1-2-11)18(10-21)6-5-13(22)14(23)8-18/h3-4,7,11,14,17,23H,1-2,5-6,8-9H2. The van der Waals surface area contributed by atoms with Gasteiger partial charge in [-0.1, -0.05) is 6.07 Å². The molecular weight excluding hydrogens is 332 g/mol. The van der Waals surface area contributed by atoms with Crippen LogP contribution in [0.4, 0.5) is 8.78 Å². The third-order valence-corrected chi connectivity index (χ3v) is 4.81. The lowest BCUT2D eigenvalue weighted by atomic mass is 9.69. The van der Waals surface area contributed by atoms with E-state index < -0.39 is 18.1 Å². The van der Waals surface area contributed by atoms with Gasteiger partial charge >= 0.3 is 6.61 Å². The second kappa shape index (κ2) is 6.96. The minimum atomic E-state index is -2.98. The van der Waals surface area contributed by atoms with Crippen molar-refractivity contribution in [3.63, 3.8) is 0 Å². The second-order valence-electron chi connectivity index (χ2n) is 6.67. The Bertz CT molecular complexity index is 699. The van der Waals surface area contributed by atoms with Crippen LogP contribution >= 0.6 is 0 Å². The molecule has 5 nitrogen and oxygen atoms in total. The van der Waals surface area contributed by atoms with Crippen molar-refractivity contribution < 1.29 is 28.2 Å². The summed E-state index contributed by atoms with van der Waals surface area (Å²) in [5.74, 6) is 0.210. The number of hydrogen-bond donors (Lipinski definition) is 1. The fraction of sp³-hybridized carbons (Fsp3) is 0.556. The molecule has 2 aliphatic rings. The summed E-state index contributed by atoms with van der Waals surface area (Å²) in [6.07, 6.45) is 1.25. The van der Waals surface area contributed by atoms with E-state index >= 15 is 0 Å². The highest BCUT2D eigenvalue weighted by Crippen LogP contribution is 2.42. The average Bonchev–Trinajstić information content (AvgIpc) is 3.40. The van der Waals surface area contributed by atoms with Gasteiger partial charge in [0.05, 0.1) is 18.1 Å². The first kappa shape index (κ1) is 17.6. The van der Waals surface area contributed by atoms with Crippen molar-refractivity contribution in [3.8, 4) is 17.6 Å². The summed E-state index contributed by atoms with van der Waals surface area (Å²) in [6.45, 7) is -2.57. The number of alkyl halides is 2. The molecule has 2 saturated carbocycles. The summed E-state index contributed by atoms with van der Waals surface area (Å²) in [7, 11) is 0. The summed E-state index contributed by atoms with van der Waals surface area (Å²) < 4.78 is 35.3. The Kier molecular flexibility index (Phi) is 4.91. The number of aliphatic hydroxyl groups excluding tert-OH is 1. The summed E-state index contributed by atoms with van der Waals surface area (Å²) in [5, 5.41) is 19.5. The Morgan fingerprint density at radius 3 is 2.72 bits per heavy atom. The largest absolute Gasteiger partial charge is 0.489 e. The van der Waals surface area contributed by atoms with Gasteiger partial charge < -0.3 is 14.6 Å². The number of carbonyl (C=O) groups is 1. The first-order valence-corrected chi connectivity index (χ1v) is 8.28. The molecule has 1 aromatic rings. The molecule has 2 aliphatic carbocycles. The average molecular weight is 351 g/mol. The zero-order chi connectivity index (χ0) is 18.0. The minimum Gasteiger partial charge on any atom is -0.489 e. The van der Waals surface area contributed by atoms with Crippen LogP contribution in [0.1, 0.15) is 37.7 Å². The number of benzene rings is 1. The van der Waals surface area contributed by atoms with E-state index in [0.717, 1.165) is 12.8 Å². The fourth-order valence-electron chi connectivity index (χ4n) is 3.08. The van der Waals surface area contributed by atoms with Gasteiger partial charge in [-0.15, -0.1) is 0 Å². The van der Waals surface area contributed by atoms with Crippen LogP contribution in [0.25, 0.3) is 0 Å². The smallest absolute Gasteiger partial charge is 0.387 e. The van der Waals surface area contributed by atoms with Crippen molar-refractivity contribution >= 4 is 5.78 Å². The number of nitriles is 1. The van der Waals surface area contributed by atoms with E-state index in [0.29, 0.717) is 18.1 Å². The molecule has 0 spiro atoms.